The Morgan fingerprint density at radius 1 is 1.52 bits per heavy atom. The number of halogens is 4. The molecule has 0 saturated carbocycles. The number of hydrogen-bond acceptors (Lipinski definition) is 4. The molecule has 0 spiro atoms. The predicted octanol–water partition coefficient (Wildman–Crippen LogP) is 4.13. The van der Waals surface area contributed by atoms with Gasteiger partial charge in [-0.25, -0.2) is 4.98 Å². The first kappa shape index (κ1) is 17.5. The second-order valence-electron chi connectivity index (χ2n) is 5.04. The molecule has 0 aliphatic rings. The van der Waals surface area contributed by atoms with Gasteiger partial charge < -0.3 is 9.30 Å². The molecule has 0 aliphatic heterocycles. The number of aromatic nitrogens is 2. The van der Waals surface area contributed by atoms with Crippen LogP contribution >= 0.6 is 11.6 Å². The molecule has 1 aromatic heterocycles. The Morgan fingerprint density at radius 3 is 2.61 bits per heavy atom. The molecule has 1 heterocycles. The molecule has 0 bridgehead atoms. The number of benzene rings is 1. The van der Waals surface area contributed by atoms with Crippen LogP contribution in [0.3, 0.4) is 0 Å². The van der Waals surface area contributed by atoms with Crippen LogP contribution in [0.5, 0.6) is 0 Å². The van der Waals surface area contributed by atoms with Crippen molar-refractivity contribution in [3.8, 4) is 0 Å². The summed E-state index contributed by atoms with van der Waals surface area (Å²) in [6.45, 7) is 3.48. The number of rotatable bonds is 4. The molecule has 10 heteroatoms. The minimum absolute atomic E-state index is 0.0462. The molecule has 0 amide bonds. The number of alkyl halides is 3. The fourth-order valence-corrected chi connectivity index (χ4v) is 2.88. The lowest BCUT2D eigenvalue weighted by molar-refractivity contribution is -0.383. The first-order chi connectivity index (χ1) is 10.6. The van der Waals surface area contributed by atoms with Crippen molar-refractivity contribution in [3.63, 3.8) is 0 Å². The minimum Gasteiger partial charge on any atom is -0.383 e. The van der Waals surface area contributed by atoms with Gasteiger partial charge in [0, 0.05) is 7.11 Å². The molecule has 1 aromatic carbocycles. The zero-order valence-electron chi connectivity index (χ0n) is 12.4. The number of nitro benzene ring substituents is 1. The Labute approximate surface area is 134 Å². The van der Waals surface area contributed by atoms with Crippen molar-refractivity contribution in [2.45, 2.75) is 26.1 Å². The Morgan fingerprint density at radius 2 is 2.13 bits per heavy atom. The molecule has 126 valence electrons. The molecule has 6 nitrogen and oxygen atoms in total. The number of nitrogens with zero attached hydrogens (tertiary/aromatic N) is 3. The smallest absolute Gasteiger partial charge is 0.383 e. The summed E-state index contributed by atoms with van der Waals surface area (Å²) in [5.41, 5.74) is -2.26. The maximum absolute atomic E-state index is 13.0. The monoisotopic (exact) mass is 351 g/mol. The van der Waals surface area contributed by atoms with Crippen LogP contribution in [0.2, 0.25) is 5.02 Å². The molecule has 0 saturated heterocycles. The molecule has 0 fully saturated rings. The second kappa shape index (κ2) is 5.97. The van der Waals surface area contributed by atoms with Gasteiger partial charge in [-0.05, 0) is 19.9 Å². The highest BCUT2D eigenvalue weighted by molar-refractivity contribution is 6.34. The van der Waals surface area contributed by atoms with E-state index in [4.69, 9.17) is 16.3 Å². The molecule has 2 rings (SSSR count). The maximum atomic E-state index is 13.0. The third-order valence-electron chi connectivity index (χ3n) is 3.40. The van der Waals surface area contributed by atoms with E-state index in [9.17, 15) is 23.3 Å². The fourth-order valence-electron chi connectivity index (χ4n) is 2.56. The summed E-state index contributed by atoms with van der Waals surface area (Å²) < 4.78 is 45.6. The molecule has 1 unspecified atom stereocenters. The third-order valence-corrected chi connectivity index (χ3v) is 3.78. The maximum Gasteiger partial charge on any atom is 0.418 e. The molecular weight excluding hydrogens is 339 g/mol. The molecule has 1 atom stereocenters. The summed E-state index contributed by atoms with van der Waals surface area (Å²) in [7, 11) is 1.45. The van der Waals surface area contributed by atoms with Crippen LogP contribution in [-0.2, 0) is 10.9 Å². The number of ether oxygens (including phenoxy) is 1. The van der Waals surface area contributed by atoms with Gasteiger partial charge in [0.05, 0.1) is 28.7 Å². The van der Waals surface area contributed by atoms with Gasteiger partial charge in [0.2, 0.25) is 0 Å². The van der Waals surface area contributed by atoms with Crippen LogP contribution in [0.15, 0.2) is 6.07 Å². The first-order valence-corrected chi connectivity index (χ1v) is 6.89. The third kappa shape index (κ3) is 2.98. The van der Waals surface area contributed by atoms with E-state index in [0.717, 1.165) is 6.07 Å². The van der Waals surface area contributed by atoms with Crippen LogP contribution in [0.25, 0.3) is 11.0 Å². The van der Waals surface area contributed by atoms with Crippen molar-refractivity contribution in [1.29, 1.82) is 0 Å². The van der Waals surface area contributed by atoms with E-state index in [0.29, 0.717) is 5.82 Å². The number of hydrogen-bond donors (Lipinski definition) is 0. The zero-order chi connectivity index (χ0) is 17.5. The van der Waals surface area contributed by atoms with Crippen LogP contribution in [-0.4, -0.2) is 28.2 Å². The number of imidazole rings is 1. The lowest BCUT2D eigenvalue weighted by atomic mass is 10.1. The molecule has 0 aliphatic carbocycles. The SMILES string of the molecule is COCC(C)n1c(C)nc2cc(C(F)(F)F)c(Cl)c([N+](=O)[O-])c21. The Bertz CT molecular complexity index is 773. The summed E-state index contributed by atoms with van der Waals surface area (Å²) in [5, 5.41) is 10.4. The van der Waals surface area contributed by atoms with Gasteiger partial charge in [-0.15, -0.1) is 0 Å². The topological polar surface area (TPSA) is 70.2 Å². The van der Waals surface area contributed by atoms with E-state index >= 15 is 0 Å². The Kier molecular flexibility index (Phi) is 4.54. The average molecular weight is 352 g/mol. The number of nitro groups is 1. The summed E-state index contributed by atoms with van der Waals surface area (Å²) in [6, 6.07) is 0.366. The van der Waals surface area contributed by atoms with E-state index < -0.39 is 27.4 Å². The quantitative estimate of drug-likeness (QED) is 0.613. The summed E-state index contributed by atoms with van der Waals surface area (Å²) in [6.07, 6.45) is -4.81. The van der Waals surface area contributed by atoms with Gasteiger partial charge in [-0.1, -0.05) is 11.6 Å². The zero-order valence-corrected chi connectivity index (χ0v) is 13.2. The van der Waals surface area contributed by atoms with Crippen molar-refractivity contribution in [1.82, 2.24) is 9.55 Å². The van der Waals surface area contributed by atoms with Crippen molar-refractivity contribution >= 4 is 28.3 Å². The van der Waals surface area contributed by atoms with E-state index in [1.807, 2.05) is 0 Å². The van der Waals surface area contributed by atoms with Crippen LogP contribution in [0.4, 0.5) is 18.9 Å². The van der Waals surface area contributed by atoms with Crippen molar-refractivity contribution < 1.29 is 22.8 Å². The molecule has 0 N–H and O–H groups in total. The van der Waals surface area contributed by atoms with Crippen LogP contribution in [0.1, 0.15) is 24.4 Å². The lowest BCUT2D eigenvalue weighted by Gasteiger charge is -2.16. The van der Waals surface area contributed by atoms with Gasteiger partial charge in [-0.3, -0.25) is 10.1 Å². The van der Waals surface area contributed by atoms with Crippen molar-refractivity contribution in [2.75, 3.05) is 13.7 Å². The fraction of sp³-hybridized carbons (Fsp3) is 0.462. The van der Waals surface area contributed by atoms with Gasteiger partial charge in [0.25, 0.3) is 0 Å². The highest BCUT2D eigenvalue weighted by Gasteiger charge is 2.39. The summed E-state index contributed by atoms with van der Waals surface area (Å²) in [4.78, 5) is 14.4. The second-order valence-corrected chi connectivity index (χ2v) is 5.42. The van der Waals surface area contributed by atoms with E-state index in [-0.39, 0.29) is 23.7 Å². The van der Waals surface area contributed by atoms with E-state index in [2.05, 4.69) is 4.98 Å². The normalized spacial score (nSPS) is 13.5. The molecule has 23 heavy (non-hydrogen) atoms. The summed E-state index contributed by atoms with van der Waals surface area (Å²) >= 11 is 5.70. The standard InChI is InChI=1S/C13H13ClF3N3O3/c1-6(5-23-3)19-7(2)18-9-4-8(13(15,16)17)10(14)12(11(9)19)20(21)22/h4,6H,5H2,1-3H3. The highest BCUT2D eigenvalue weighted by atomic mass is 35.5. The number of aryl methyl sites for hydroxylation is 1. The number of methoxy groups -OCH3 is 1. The van der Waals surface area contributed by atoms with Crippen molar-refractivity contribution in [3.05, 3.63) is 32.6 Å². The van der Waals surface area contributed by atoms with Gasteiger partial charge in [0.15, 0.2) is 0 Å². The summed E-state index contributed by atoms with van der Waals surface area (Å²) in [5.74, 6) is 0.336. The molecular formula is C13H13ClF3N3O3. The highest BCUT2D eigenvalue weighted by Crippen LogP contribution is 2.44. The average Bonchev–Trinajstić information content (AvgIpc) is 2.72. The predicted molar refractivity (Wildman–Crippen MR) is 77.7 cm³/mol. The van der Waals surface area contributed by atoms with E-state index in [1.165, 1.54) is 11.7 Å². The van der Waals surface area contributed by atoms with Gasteiger partial charge in [-0.2, -0.15) is 13.2 Å². The minimum atomic E-state index is -4.81. The van der Waals surface area contributed by atoms with Gasteiger partial charge in [0.1, 0.15) is 16.4 Å². The first-order valence-electron chi connectivity index (χ1n) is 6.51. The lowest BCUT2D eigenvalue weighted by Crippen LogP contribution is -2.14. The largest absolute Gasteiger partial charge is 0.418 e. The Balaban J connectivity index is 2.91. The van der Waals surface area contributed by atoms with E-state index in [1.54, 1.807) is 13.8 Å². The molecule has 0 radical (unpaired) electrons. The van der Waals surface area contributed by atoms with Crippen molar-refractivity contribution in [2.24, 2.45) is 0 Å². The Hall–Kier alpha value is -1.87. The van der Waals surface area contributed by atoms with Crippen LogP contribution < -0.4 is 0 Å². The number of fused-ring (bicyclic) bond motifs is 1. The van der Waals surface area contributed by atoms with Crippen LogP contribution in [0, 0.1) is 17.0 Å². The molecule has 2 aromatic rings. The van der Waals surface area contributed by atoms with Gasteiger partial charge >= 0.3 is 11.9 Å².